The third-order valence-electron chi connectivity index (χ3n) is 3.89. The highest BCUT2D eigenvalue weighted by atomic mass is 32.1. The van der Waals surface area contributed by atoms with Crippen molar-refractivity contribution in [2.24, 2.45) is 11.8 Å². The van der Waals surface area contributed by atoms with Gasteiger partial charge in [0.05, 0.1) is 0 Å². The second-order valence-electron chi connectivity index (χ2n) is 5.70. The maximum atomic E-state index is 12.4. The van der Waals surface area contributed by atoms with Crippen LogP contribution in [0.5, 0.6) is 0 Å². The number of hydrogen-bond acceptors (Lipinski definition) is 3. The van der Waals surface area contributed by atoms with Crippen LogP contribution in [-0.2, 0) is 9.59 Å². The molecule has 2 amide bonds. The van der Waals surface area contributed by atoms with Crippen LogP contribution < -0.4 is 5.32 Å². The van der Waals surface area contributed by atoms with E-state index in [1.807, 2.05) is 4.90 Å². The van der Waals surface area contributed by atoms with Gasteiger partial charge in [0.1, 0.15) is 6.04 Å². The largest absolute Gasteiger partial charge is 0.344 e. The second kappa shape index (κ2) is 7.78. The molecule has 0 radical (unpaired) electrons. The minimum atomic E-state index is -0.489. The van der Waals surface area contributed by atoms with Crippen molar-refractivity contribution in [2.45, 2.75) is 46.1 Å². The summed E-state index contributed by atoms with van der Waals surface area (Å²) in [5, 5.41) is 2.67. The Kier molecular flexibility index (Phi) is 6.69. The molecule has 1 rings (SSSR count). The molecular formula is C14H26N2O2S. The maximum absolute atomic E-state index is 12.4. The van der Waals surface area contributed by atoms with Crippen LogP contribution in [0.25, 0.3) is 0 Å². The Morgan fingerprint density at radius 2 is 2.00 bits per heavy atom. The molecule has 0 aromatic carbocycles. The molecule has 0 aromatic heterocycles. The first-order valence-electron chi connectivity index (χ1n) is 7.12. The van der Waals surface area contributed by atoms with Gasteiger partial charge in [-0.1, -0.05) is 13.8 Å². The van der Waals surface area contributed by atoms with E-state index in [1.165, 1.54) is 13.3 Å². The molecular weight excluding hydrogens is 260 g/mol. The number of nitrogens with one attached hydrogen (secondary N) is 1. The Bertz CT molecular complexity index is 321. The number of carbonyl (C=O) groups is 2. The number of thiol groups is 1. The molecule has 19 heavy (non-hydrogen) atoms. The predicted molar refractivity (Wildman–Crippen MR) is 80.2 cm³/mol. The van der Waals surface area contributed by atoms with Crippen molar-refractivity contribution >= 4 is 24.4 Å². The number of carbonyl (C=O) groups excluding carboxylic acids is 2. The molecule has 1 aliphatic rings. The number of hydrogen-bond donors (Lipinski definition) is 2. The minimum Gasteiger partial charge on any atom is -0.344 e. The van der Waals surface area contributed by atoms with E-state index in [1.54, 1.807) is 0 Å². The lowest BCUT2D eigenvalue weighted by atomic mass is 9.89. The molecule has 1 fully saturated rings. The topological polar surface area (TPSA) is 49.4 Å². The summed E-state index contributed by atoms with van der Waals surface area (Å²) in [6, 6.07) is -0.489. The summed E-state index contributed by atoms with van der Waals surface area (Å²) in [5.74, 6) is 1.55. The van der Waals surface area contributed by atoms with Gasteiger partial charge in [0.25, 0.3) is 0 Å². The Balaban J connectivity index is 2.59. The van der Waals surface area contributed by atoms with Gasteiger partial charge in [0.15, 0.2) is 0 Å². The lowest BCUT2D eigenvalue weighted by Crippen LogP contribution is -2.49. The second-order valence-corrected chi connectivity index (χ2v) is 6.06. The van der Waals surface area contributed by atoms with Gasteiger partial charge >= 0.3 is 0 Å². The number of amides is 2. The molecule has 2 atom stereocenters. The third-order valence-corrected chi connectivity index (χ3v) is 4.25. The summed E-state index contributed by atoms with van der Waals surface area (Å²) in [6.07, 6.45) is 3.30. The zero-order valence-electron chi connectivity index (χ0n) is 12.2. The van der Waals surface area contributed by atoms with Crippen LogP contribution >= 0.6 is 12.6 Å². The van der Waals surface area contributed by atoms with Crippen LogP contribution in [0.4, 0.5) is 0 Å². The van der Waals surface area contributed by atoms with E-state index < -0.39 is 6.04 Å². The Morgan fingerprint density at radius 1 is 1.32 bits per heavy atom. The molecule has 110 valence electrons. The van der Waals surface area contributed by atoms with Gasteiger partial charge in [0.2, 0.25) is 11.8 Å². The van der Waals surface area contributed by atoms with E-state index in [0.29, 0.717) is 17.6 Å². The maximum Gasteiger partial charge on any atom is 0.245 e. The zero-order chi connectivity index (χ0) is 14.4. The summed E-state index contributed by atoms with van der Waals surface area (Å²) < 4.78 is 0. The number of rotatable bonds is 4. The predicted octanol–water partition coefficient (Wildman–Crippen LogP) is 1.71. The van der Waals surface area contributed by atoms with Crippen molar-refractivity contribution in [3.05, 3.63) is 0 Å². The van der Waals surface area contributed by atoms with Gasteiger partial charge in [-0.15, -0.1) is 0 Å². The molecule has 1 aliphatic heterocycles. The van der Waals surface area contributed by atoms with Gasteiger partial charge in [-0.05, 0) is 31.1 Å². The Hall–Kier alpha value is -0.710. The highest BCUT2D eigenvalue weighted by Crippen LogP contribution is 2.24. The van der Waals surface area contributed by atoms with E-state index in [4.69, 9.17) is 0 Å². The fourth-order valence-electron chi connectivity index (χ4n) is 2.66. The van der Waals surface area contributed by atoms with Gasteiger partial charge in [0, 0.05) is 25.8 Å². The SMILES string of the molecule is CC(=O)NC(CS)C(=O)N1CCCC(C(C)C)CC1. The third kappa shape index (κ3) is 5.05. The lowest BCUT2D eigenvalue weighted by Gasteiger charge is -2.26. The van der Waals surface area contributed by atoms with Gasteiger partial charge in [-0.3, -0.25) is 9.59 Å². The average molecular weight is 286 g/mol. The standard InChI is InChI=1S/C14H26N2O2S/c1-10(2)12-5-4-7-16(8-6-12)14(18)13(9-19)15-11(3)17/h10,12-13,19H,4-9H2,1-3H3,(H,15,17). The number of likely N-dealkylation sites (tertiary alicyclic amines) is 1. The molecule has 1 saturated heterocycles. The van der Waals surface area contributed by atoms with Gasteiger partial charge < -0.3 is 10.2 Å². The van der Waals surface area contributed by atoms with Crippen molar-refractivity contribution in [2.75, 3.05) is 18.8 Å². The summed E-state index contributed by atoms with van der Waals surface area (Å²) in [7, 11) is 0. The van der Waals surface area contributed by atoms with Crippen LogP contribution in [-0.4, -0.2) is 41.6 Å². The van der Waals surface area contributed by atoms with E-state index >= 15 is 0 Å². The van der Waals surface area contributed by atoms with Crippen LogP contribution in [0, 0.1) is 11.8 Å². The summed E-state index contributed by atoms with van der Waals surface area (Å²) in [4.78, 5) is 25.3. The molecule has 0 aliphatic carbocycles. The normalized spacial score (nSPS) is 21.9. The number of nitrogens with zero attached hydrogens (tertiary/aromatic N) is 1. The van der Waals surface area contributed by atoms with Gasteiger partial charge in [-0.25, -0.2) is 0 Å². The quantitative estimate of drug-likeness (QED) is 0.773. The van der Waals surface area contributed by atoms with E-state index in [0.717, 1.165) is 25.9 Å². The fraction of sp³-hybridized carbons (Fsp3) is 0.857. The van der Waals surface area contributed by atoms with E-state index in [9.17, 15) is 9.59 Å². The smallest absolute Gasteiger partial charge is 0.245 e. The highest BCUT2D eigenvalue weighted by molar-refractivity contribution is 7.80. The summed E-state index contributed by atoms with van der Waals surface area (Å²) >= 11 is 4.16. The van der Waals surface area contributed by atoms with Crippen LogP contribution in [0.1, 0.15) is 40.0 Å². The zero-order valence-corrected chi connectivity index (χ0v) is 13.1. The molecule has 5 heteroatoms. The molecule has 1 heterocycles. The Labute approximate surface area is 121 Å². The first-order chi connectivity index (χ1) is 8.95. The molecule has 0 saturated carbocycles. The van der Waals surface area contributed by atoms with Crippen LogP contribution in [0.15, 0.2) is 0 Å². The van der Waals surface area contributed by atoms with E-state index in [-0.39, 0.29) is 11.8 Å². The first kappa shape index (κ1) is 16.3. The van der Waals surface area contributed by atoms with Crippen LogP contribution in [0.2, 0.25) is 0 Å². The Morgan fingerprint density at radius 3 is 2.53 bits per heavy atom. The van der Waals surface area contributed by atoms with Gasteiger partial charge in [-0.2, -0.15) is 12.6 Å². The summed E-state index contributed by atoms with van der Waals surface area (Å²) in [5.41, 5.74) is 0. The summed E-state index contributed by atoms with van der Waals surface area (Å²) in [6.45, 7) is 7.52. The van der Waals surface area contributed by atoms with Crippen molar-refractivity contribution in [1.82, 2.24) is 10.2 Å². The average Bonchev–Trinajstić information content (AvgIpc) is 2.60. The lowest BCUT2D eigenvalue weighted by molar-refractivity contribution is -0.135. The molecule has 1 N–H and O–H groups in total. The van der Waals surface area contributed by atoms with Crippen molar-refractivity contribution in [3.63, 3.8) is 0 Å². The molecule has 0 aromatic rings. The first-order valence-corrected chi connectivity index (χ1v) is 7.75. The van der Waals surface area contributed by atoms with Crippen molar-refractivity contribution < 1.29 is 9.59 Å². The molecule has 0 spiro atoms. The molecule has 0 bridgehead atoms. The van der Waals surface area contributed by atoms with Crippen molar-refractivity contribution in [1.29, 1.82) is 0 Å². The van der Waals surface area contributed by atoms with Crippen molar-refractivity contribution in [3.8, 4) is 0 Å². The monoisotopic (exact) mass is 286 g/mol. The van der Waals surface area contributed by atoms with Crippen LogP contribution in [0.3, 0.4) is 0 Å². The minimum absolute atomic E-state index is 0.00889. The molecule has 4 nitrogen and oxygen atoms in total. The molecule has 2 unspecified atom stereocenters. The highest BCUT2D eigenvalue weighted by Gasteiger charge is 2.27. The van der Waals surface area contributed by atoms with E-state index in [2.05, 4.69) is 31.8 Å². The fourth-order valence-corrected chi connectivity index (χ4v) is 2.91.